The van der Waals surface area contributed by atoms with E-state index in [-0.39, 0.29) is 18.6 Å². The number of benzene rings is 4. The second kappa shape index (κ2) is 17.7. The van der Waals surface area contributed by atoms with Crippen LogP contribution in [0.15, 0.2) is 126 Å². The number of carboxylic acids is 2. The number of carboxylic acid groups (broad SMARTS) is 2. The Morgan fingerprint density at radius 3 is 1.74 bits per heavy atom. The summed E-state index contributed by atoms with van der Waals surface area (Å²) in [5, 5.41) is 34.0. The highest BCUT2D eigenvalue weighted by Crippen LogP contribution is 2.35. The first-order valence-electron chi connectivity index (χ1n) is 15.4. The number of halogens is 5. The number of aromatic carboxylic acids is 2. The van der Waals surface area contributed by atoms with Gasteiger partial charge in [0.1, 0.15) is 16.0 Å². The third-order valence-electron chi connectivity index (χ3n) is 7.62. The topological polar surface area (TPSA) is 147 Å². The minimum absolute atomic E-state index is 0. The molecule has 0 atom stereocenters. The lowest BCUT2D eigenvalue weighted by Crippen LogP contribution is -2.01. The molecule has 4 heterocycles. The Bertz CT molecular complexity index is 2580. The van der Waals surface area contributed by atoms with E-state index < -0.39 is 11.9 Å². The Morgan fingerprint density at radius 2 is 1.20 bits per heavy atom. The molecule has 0 spiro atoms. The van der Waals surface area contributed by atoms with Gasteiger partial charge in [-0.05, 0) is 88.7 Å². The van der Waals surface area contributed by atoms with E-state index in [9.17, 15) is 14.7 Å². The number of hydrogen-bond acceptors (Lipinski definition) is 6. The van der Waals surface area contributed by atoms with Gasteiger partial charge in [-0.3, -0.25) is 5.10 Å². The summed E-state index contributed by atoms with van der Waals surface area (Å²) in [7, 11) is 0. The van der Waals surface area contributed by atoms with Crippen molar-refractivity contribution in [2.45, 2.75) is 7.43 Å². The molecule has 272 valence electrons. The molecule has 0 amide bonds. The molecular formula is C39H27BrCl4N6O4. The Kier molecular flexibility index (Phi) is 13.1. The third kappa shape index (κ3) is 9.07. The largest absolute Gasteiger partial charge is 0.478 e. The number of nitrogens with one attached hydrogen (secondary N) is 1. The lowest BCUT2D eigenvalue weighted by molar-refractivity contribution is 0.0686. The molecule has 0 bridgehead atoms. The predicted molar refractivity (Wildman–Crippen MR) is 218 cm³/mol. The number of H-pyrrole nitrogens is 1. The number of fused-ring (bicyclic) bond motifs is 2. The first-order valence-corrected chi connectivity index (χ1v) is 17.7. The van der Waals surface area contributed by atoms with Gasteiger partial charge in [0.2, 0.25) is 0 Å². The van der Waals surface area contributed by atoms with Gasteiger partial charge in [0.05, 0.1) is 42.3 Å². The Balaban J connectivity index is 0.000000175. The molecule has 0 aliphatic carbocycles. The van der Waals surface area contributed by atoms with E-state index in [2.05, 4.69) is 41.2 Å². The molecule has 0 aliphatic heterocycles. The van der Waals surface area contributed by atoms with Crippen molar-refractivity contribution in [3.8, 4) is 28.3 Å². The van der Waals surface area contributed by atoms with Crippen LogP contribution in [0.2, 0.25) is 20.1 Å². The van der Waals surface area contributed by atoms with Gasteiger partial charge < -0.3 is 10.2 Å². The molecule has 4 aromatic carbocycles. The molecule has 8 aromatic rings. The van der Waals surface area contributed by atoms with Gasteiger partial charge in [-0.1, -0.05) is 90.2 Å². The van der Waals surface area contributed by atoms with E-state index in [0.29, 0.717) is 42.6 Å². The maximum atomic E-state index is 11.4. The van der Waals surface area contributed by atoms with Gasteiger partial charge in [-0.2, -0.15) is 10.2 Å². The summed E-state index contributed by atoms with van der Waals surface area (Å²) >= 11 is 27.1. The number of aromatic amines is 1. The number of hydrogen-bond donors (Lipinski definition) is 3. The van der Waals surface area contributed by atoms with Gasteiger partial charge in [0.25, 0.3) is 0 Å². The zero-order valence-corrected chi connectivity index (χ0v) is 31.5. The summed E-state index contributed by atoms with van der Waals surface area (Å²) in [6.45, 7) is 0. The quantitative estimate of drug-likeness (QED) is 0.145. The van der Waals surface area contributed by atoms with Crippen molar-refractivity contribution in [3.05, 3.63) is 157 Å². The van der Waals surface area contributed by atoms with E-state index in [1.54, 1.807) is 83.7 Å². The number of pyridine rings is 2. The van der Waals surface area contributed by atoms with Crippen molar-refractivity contribution in [2.75, 3.05) is 0 Å². The van der Waals surface area contributed by atoms with Crippen LogP contribution >= 0.6 is 62.3 Å². The van der Waals surface area contributed by atoms with E-state index in [4.69, 9.17) is 51.5 Å². The van der Waals surface area contributed by atoms with Crippen LogP contribution in [-0.4, -0.2) is 52.1 Å². The summed E-state index contributed by atoms with van der Waals surface area (Å²) in [6, 6.07) is 31.5. The molecule has 54 heavy (non-hydrogen) atoms. The second-order valence-corrected chi connectivity index (χ2v) is 13.5. The van der Waals surface area contributed by atoms with Crippen LogP contribution < -0.4 is 0 Å². The number of aromatic nitrogens is 6. The van der Waals surface area contributed by atoms with Crippen molar-refractivity contribution < 1.29 is 19.8 Å². The van der Waals surface area contributed by atoms with E-state index in [1.165, 1.54) is 6.20 Å². The molecule has 0 saturated carbocycles. The van der Waals surface area contributed by atoms with Crippen LogP contribution in [0.4, 0.5) is 0 Å². The van der Waals surface area contributed by atoms with Crippen molar-refractivity contribution in [1.82, 2.24) is 29.9 Å². The molecule has 0 unspecified atom stereocenters. The normalized spacial score (nSPS) is 10.5. The zero-order valence-electron chi connectivity index (χ0n) is 26.9. The van der Waals surface area contributed by atoms with Gasteiger partial charge in [-0.25, -0.2) is 24.2 Å². The minimum atomic E-state index is -1.01. The molecule has 10 nitrogen and oxygen atoms in total. The highest BCUT2D eigenvalue weighted by molar-refractivity contribution is 9.10. The van der Waals surface area contributed by atoms with Crippen molar-refractivity contribution >= 4 is 96.1 Å². The molecule has 0 fully saturated rings. The molecule has 15 heteroatoms. The highest BCUT2D eigenvalue weighted by Gasteiger charge is 2.18. The van der Waals surface area contributed by atoms with Crippen molar-refractivity contribution in [3.63, 3.8) is 0 Å². The fourth-order valence-corrected chi connectivity index (χ4v) is 6.05. The number of carbonyl (C=O) groups is 2. The summed E-state index contributed by atoms with van der Waals surface area (Å²) in [5.41, 5.74) is 4.63. The summed E-state index contributed by atoms with van der Waals surface area (Å²) in [6.07, 6.45) is 3.10. The third-order valence-corrected chi connectivity index (χ3v) is 9.19. The highest BCUT2D eigenvalue weighted by atomic mass is 79.9. The van der Waals surface area contributed by atoms with Crippen LogP contribution in [0.3, 0.4) is 0 Å². The van der Waals surface area contributed by atoms with Crippen LogP contribution in [0.5, 0.6) is 0 Å². The lowest BCUT2D eigenvalue weighted by Gasteiger charge is -2.03. The van der Waals surface area contributed by atoms with Crippen LogP contribution in [0, 0.1) is 0 Å². The maximum absolute atomic E-state index is 11.4. The predicted octanol–water partition coefficient (Wildman–Crippen LogP) is 11.8. The molecule has 0 radical (unpaired) electrons. The molecule has 0 aliphatic rings. The van der Waals surface area contributed by atoms with Gasteiger partial charge in [0.15, 0.2) is 5.82 Å². The molecule has 0 saturated heterocycles. The molecule has 4 aromatic heterocycles. The standard InChI is InChI=1S/C19H11Cl2N3O2.C14H9ClN2O2.C5H3BrClN.CH4/c20-12-6-8-17(22-10-12)24-16-9-11(19(25)26)5-7-14(16)18(23-24)13-3-1-2-4-15(13)21;15-11-4-2-1-3-9(11)13-10-6-5-8(14(18)19)7-12(10)16-17-13;6-5-2-1-4(7)3-8-5;/h1-10H,(H,25,26);1-7H,(H,16,17)(H,18,19);1-3H;1H4. The van der Waals surface area contributed by atoms with Crippen LogP contribution in [0.1, 0.15) is 28.1 Å². The Hall–Kier alpha value is -5.30. The summed E-state index contributed by atoms with van der Waals surface area (Å²) in [4.78, 5) is 30.5. The second-order valence-electron chi connectivity index (χ2n) is 11.0. The summed E-state index contributed by atoms with van der Waals surface area (Å²) in [5.74, 6) is -1.45. The Morgan fingerprint density at radius 1 is 0.648 bits per heavy atom. The van der Waals surface area contributed by atoms with Gasteiger partial charge in [-0.15, -0.1) is 0 Å². The van der Waals surface area contributed by atoms with Crippen molar-refractivity contribution in [1.29, 1.82) is 0 Å². The monoisotopic (exact) mass is 862 g/mol. The van der Waals surface area contributed by atoms with Gasteiger partial charge >= 0.3 is 11.9 Å². The average Bonchev–Trinajstić information content (AvgIpc) is 3.75. The van der Waals surface area contributed by atoms with E-state index in [0.717, 1.165) is 32.2 Å². The number of nitrogens with zero attached hydrogens (tertiary/aromatic N) is 5. The average molecular weight is 865 g/mol. The Labute approximate surface area is 337 Å². The fourth-order valence-electron chi connectivity index (χ4n) is 5.14. The van der Waals surface area contributed by atoms with Crippen molar-refractivity contribution in [2.24, 2.45) is 0 Å². The molecule has 8 rings (SSSR count). The fraction of sp³-hybridized carbons (Fsp3) is 0.0256. The number of rotatable bonds is 5. The van der Waals surface area contributed by atoms with Crippen LogP contribution in [0.25, 0.3) is 50.1 Å². The SMILES string of the molecule is C.Clc1ccc(Br)nc1.O=C(O)c1ccc2c(-c3ccccc3Cl)n[nH]c2c1.O=C(O)c1ccc2c(-c3ccccc3Cl)nn(-c3ccc(Cl)cn3)c2c1. The lowest BCUT2D eigenvalue weighted by atomic mass is 10.1. The minimum Gasteiger partial charge on any atom is -0.478 e. The molecular weight excluding hydrogens is 838 g/mol. The summed E-state index contributed by atoms with van der Waals surface area (Å²) < 4.78 is 2.40. The first kappa shape index (κ1) is 39.9. The van der Waals surface area contributed by atoms with Crippen LogP contribution in [-0.2, 0) is 0 Å². The maximum Gasteiger partial charge on any atom is 0.335 e. The van der Waals surface area contributed by atoms with Gasteiger partial charge in [0, 0.05) is 34.3 Å². The molecule has 3 N–H and O–H groups in total. The zero-order chi connectivity index (χ0) is 37.6. The first-order chi connectivity index (χ1) is 25.5. The van der Waals surface area contributed by atoms with E-state index >= 15 is 0 Å². The van der Waals surface area contributed by atoms with E-state index in [1.807, 2.05) is 36.4 Å². The smallest absolute Gasteiger partial charge is 0.335 e.